The van der Waals surface area contributed by atoms with E-state index in [-0.39, 0.29) is 41.2 Å². The minimum absolute atomic E-state index is 0. The summed E-state index contributed by atoms with van der Waals surface area (Å²) in [4.78, 5) is 42.0. The van der Waals surface area contributed by atoms with Crippen molar-refractivity contribution in [3.05, 3.63) is 28.3 Å². The fourth-order valence-electron chi connectivity index (χ4n) is 4.13. The average molecular weight is 397 g/mol. The van der Waals surface area contributed by atoms with Crippen molar-refractivity contribution in [1.82, 2.24) is 14.3 Å². The van der Waals surface area contributed by atoms with E-state index in [1.165, 1.54) is 23.2 Å². The van der Waals surface area contributed by atoms with Gasteiger partial charge in [0.1, 0.15) is 16.3 Å². The number of β-lactam (4-membered cyclic amide) rings is 1. The van der Waals surface area contributed by atoms with Crippen molar-refractivity contribution in [1.29, 1.82) is 0 Å². The average Bonchev–Trinajstić information content (AvgIpc) is 3.17. The SMILES string of the molecule is Cc1nc(C=O)c2sc(C3=C(C(=O)[O-])N4C(=O)[C@H]([C@@H](C)O)[C@H]4[C@H]3C)cn12.[Na+]. The number of hydrogen-bond donors (Lipinski definition) is 1. The zero-order chi connectivity index (χ0) is 18.9. The first-order valence-corrected chi connectivity index (χ1v) is 9.00. The number of hydrogen-bond acceptors (Lipinski definition) is 7. The predicted octanol–water partition coefficient (Wildman–Crippen LogP) is -3.16. The summed E-state index contributed by atoms with van der Waals surface area (Å²) in [6.07, 6.45) is 1.54. The minimum atomic E-state index is -1.42. The van der Waals surface area contributed by atoms with Crippen LogP contribution in [-0.4, -0.2) is 49.7 Å². The maximum atomic E-state index is 12.4. The van der Waals surface area contributed by atoms with Crippen molar-refractivity contribution in [3.63, 3.8) is 0 Å². The predicted molar refractivity (Wildman–Crippen MR) is 90.1 cm³/mol. The molecular formula is C17H16N3NaO5S. The summed E-state index contributed by atoms with van der Waals surface area (Å²) in [6, 6.07) is -0.406. The van der Waals surface area contributed by atoms with E-state index >= 15 is 0 Å². The number of rotatable bonds is 4. The number of aryl methyl sites for hydroxylation is 1. The third-order valence-electron chi connectivity index (χ3n) is 5.26. The van der Waals surface area contributed by atoms with Gasteiger partial charge in [0.2, 0.25) is 5.91 Å². The van der Waals surface area contributed by atoms with Crippen LogP contribution < -0.4 is 34.7 Å². The van der Waals surface area contributed by atoms with Gasteiger partial charge in [-0.3, -0.25) is 14.0 Å². The van der Waals surface area contributed by atoms with E-state index in [1.807, 2.05) is 6.92 Å². The molecule has 4 atom stereocenters. The Morgan fingerprint density at radius 3 is 2.70 bits per heavy atom. The standard InChI is InChI=1S/C17H17N3O5S.Na/c1-6-11(10-4-19-8(3)18-9(5-21)16(19)26-10)14(17(24)25)20-13(6)12(7(2)22)15(20)23;/h4-7,12-13,22H,1-3H3,(H,24,25);/q;+1/p-1/t6-,7+,12+,13+;/m0./s1. The van der Waals surface area contributed by atoms with Crippen LogP contribution in [0.15, 0.2) is 11.9 Å². The Kier molecular flexibility index (Phi) is 5.11. The van der Waals surface area contributed by atoms with Gasteiger partial charge in [0.25, 0.3) is 0 Å². The number of carbonyl (C=O) groups is 3. The van der Waals surface area contributed by atoms with E-state index in [9.17, 15) is 24.6 Å². The molecule has 4 rings (SSSR count). The fourth-order valence-corrected chi connectivity index (χ4v) is 5.37. The fraction of sp³-hybridized carbons (Fsp3) is 0.412. The molecule has 8 nitrogen and oxygen atoms in total. The third-order valence-corrected chi connectivity index (χ3v) is 6.41. The van der Waals surface area contributed by atoms with Crippen molar-refractivity contribution in [2.75, 3.05) is 0 Å². The second-order valence-electron chi connectivity index (χ2n) is 6.74. The molecule has 136 valence electrons. The number of aldehydes is 1. The molecule has 2 aliphatic rings. The molecule has 2 aromatic heterocycles. The van der Waals surface area contributed by atoms with Gasteiger partial charge >= 0.3 is 29.6 Å². The molecule has 27 heavy (non-hydrogen) atoms. The van der Waals surface area contributed by atoms with E-state index in [0.717, 1.165) is 0 Å². The van der Waals surface area contributed by atoms with Crippen molar-refractivity contribution in [2.24, 2.45) is 11.8 Å². The van der Waals surface area contributed by atoms with Crippen LogP contribution in [0, 0.1) is 18.8 Å². The van der Waals surface area contributed by atoms with Gasteiger partial charge in [-0.15, -0.1) is 11.3 Å². The summed E-state index contributed by atoms with van der Waals surface area (Å²) < 4.78 is 1.74. The first kappa shape index (κ1) is 20.2. The Hall–Kier alpha value is -1.52. The van der Waals surface area contributed by atoms with Crippen LogP contribution in [0.2, 0.25) is 0 Å². The Bertz CT molecular complexity index is 1010. The van der Waals surface area contributed by atoms with E-state index in [1.54, 1.807) is 17.5 Å². The summed E-state index contributed by atoms with van der Waals surface area (Å²) in [6.45, 7) is 5.12. The monoisotopic (exact) mass is 397 g/mol. The Morgan fingerprint density at radius 2 is 2.15 bits per heavy atom. The number of carbonyl (C=O) groups excluding carboxylic acids is 3. The van der Waals surface area contributed by atoms with Gasteiger partial charge in [-0.1, -0.05) is 6.92 Å². The maximum absolute atomic E-state index is 12.4. The van der Waals surface area contributed by atoms with Gasteiger partial charge < -0.3 is 19.9 Å². The number of nitrogens with zero attached hydrogens (tertiary/aromatic N) is 3. The third kappa shape index (κ3) is 2.64. The second kappa shape index (κ2) is 6.82. The van der Waals surface area contributed by atoms with Gasteiger partial charge in [0.15, 0.2) is 6.29 Å². The maximum Gasteiger partial charge on any atom is 1.00 e. The molecule has 1 saturated heterocycles. The molecule has 0 radical (unpaired) electrons. The van der Waals surface area contributed by atoms with E-state index in [2.05, 4.69) is 4.98 Å². The number of thiazole rings is 1. The number of aliphatic hydroxyl groups is 1. The van der Waals surface area contributed by atoms with Gasteiger partial charge in [-0.25, -0.2) is 4.98 Å². The van der Waals surface area contributed by atoms with Crippen LogP contribution >= 0.6 is 11.3 Å². The molecule has 0 saturated carbocycles. The van der Waals surface area contributed by atoms with Crippen LogP contribution in [0.4, 0.5) is 0 Å². The number of amides is 1. The Morgan fingerprint density at radius 1 is 1.48 bits per heavy atom. The van der Waals surface area contributed by atoms with Crippen molar-refractivity contribution >= 4 is 39.9 Å². The molecule has 2 aromatic rings. The van der Waals surface area contributed by atoms with Gasteiger partial charge in [-0.05, 0) is 13.8 Å². The summed E-state index contributed by atoms with van der Waals surface area (Å²) in [7, 11) is 0. The Labute approximate surface area is 180 Å². The quantitative estimate of drug-likeness (QED) is 0.331. The van der Waals surface area contributed by atoms with Crippen LogP contribution in [0.1, 0.15) is 35.0 Å². The number of carboxylic acid groups (broad SMARTS) is 1. The first-order valence-electron chi connectivity index (χ1n) is 8.18. The normalized spacial score (nSPS) is 25.3. The number of aliphatic hydroxyl groups excluding tert-OH is 1. The summed E-state index contributed by atoms with van der Waals surface area (Å²) in [5, 5.41) is 21.7. The van der Waals surface area contributed by atoms with Crippen LogP contribution in [-0.2, 0) is 9.59 Å². The zero-order valence-electron chi connectivity index (χ0n) is 15.3. The number of aliphatic carboxylic acids is 1. The summed E-state index contributed by atoms with van der Waals surface area (Å²) in [5.41, 5.74) is 0.643. The molecule has 0 aromatic carbocycles. The molecule has 0 bridgehead atoms. The van der Waals surface area contributed by atoms with E-state index in [0.29, 0.717) is 33.1 Å². The summed E-state index contributed by atoms with van der Waals surface area (Å²) in [5.74, 6) is -2.11. The number of fused-ring (bicyclic) bond motifs is 2. The van der Waals surface area contributed by atoms with Crippen LogP contribution in [0.25, 0.3) is 10.4 Å². The van der Waals surface area contributed by atoms with Crippen molar-refractivity contribution in [2.45, 2.75) is 32.9 Å². The number of carboxylic acids is 1. The minimum Gasteiger partial charge on any atom is -0.543 e. The molecule has 0 spiro atoms. The van der Waals surface area contributed by atoms with Crippen LogP contribution in [0.5, 0.6) is 0 Å². The molecular weight excluding hydrogens is 381 g/mol. The number of imidazole rings is 1. The molecule has 4 heterocycles. The van der Waals surface area contributed by atoms with Crippen molar-refractivity contribution < 1.29 is 54.2 Å². The zero-order valence-corrected chi connectivity index (χ0v) is 18.1. The van der Waals surface area contributed by atoms with E-state index in [4.69, 9.17) is 0 Å². The van der Waals surface area contributed by atoms with Gasteiger partial charge in [0.05, 0.1) is 34.6 Å². The largest absolute Gasteiger partial charge is 1.00 e. The first-order chi connectivity index (χ1) is 12.3. The topological polar surface area (TPSA) is 115 Å². The second-order valence-corrected chi connectivity index (χ2v) is 7.77. The number of aromatic nitrogens is 2. The molecule has 2 aliphatic heterocycles. The Balaban J connectivity index is 0.00000210. The van der Waals surface area contributed by atoms with Crippen molar-refractivity contribution in [3.8, 4) is 0 Å². The van der Waals surface area contributed by atoms with Gasteiger partial charge in [0, 0.05) is 17.7 Å². The molecule has 10 heteroatoms. The van der Waals surface area contributed by atoms with Gasteiger partial charge in [-0.2, -0.15) is 0 Å². The molecule has 0 unspecified atom stereocenters. The molecule has 1 N–H and O–H groups in total. The molecule has 1 fully saturated rings. The molecule has 0 aliphatic carbocycles. The smallest absolute Gasteiger partial charge is 0.543 e. The molecule has 1 amide bonds. The summed E-state index contributed by atoms with van der Waals surface area (Å²) >= 11 is 1.25. The van der Waals surface area contributed by atoms with E-state index < -0.39 is 29.9 Å². The van der Waals surface area contributed by atoms with Crippen LogP contribution in [0.3, 0.4) is 0 Å².